The second-order valence-corrected chi connectivity index (χ2v) is 15.9. The van der Waals surface area contributed by atoms with E-state index in [1.54, 1.807) is 83.1 Å². The number of aromatic nitrogens is 5. The van der Waals surface area contributed by atoms with Crippen molar-refractivity contribution in [3.05, 3.63) is 100 Å². The number of halogens is 2. The number of aryl methyl sites for hydroxylation is 2. The molecule has 6 rings (SSSR count). The molecule has 6 aromatic rings. The van der Waals surface area contributed by atoms with E-state index in [4.69, 9.17) is 47.1 Å². The minimum atomic E-state index is -4.12. The molecule has 0 aliphatic heterocycles. The average molecular weight is 809 g/mol. The van der Waals surface area contributed by atoms with Gasteiger partial charge in [-0.15, -0.1) is 4.09 Å². The van der Waals surface area contributed by atoms with Crippen molar-refractivity contribution >= 4 is 62.4 Å². The second kappa shape index (κ2) is 15.6. The van der Waals surface area contributed by atoms with Crippen molar-refractivity contribution in [3.63, 3.8) is 0 Å². The lowest BCUT2D eigenvalue weighted by Gasteiger charge is -2.22. The number of anilines is 1. The van der Waals surface area contributed by atoms with Crippen LogP contribution in [0.2, 0.25) is 10.0 Å². The van der Waals surface area contributed by atoms with E-state index in [0.29, 0.717) is 43.9 Å². The van der Waals surface area contributed by atoms with E-state index in [1.807, 2.05) is 0 Å². The zero-order valence-corrected chi connectivity index (χ0v) is 32.5. The summed E-state index contributed by atoms with van der Waals surface area (Å²) in [5.74, 6) is 0.452. The Morgan fingerprint density at radius 3 is 2.42 bits per heavy atom. The smallest absolute Gasteiger partial charge is 0.413 e. The van der Waals surface area contributed by atoms with Gasteiger partial charge in [-0.2, -0.15) is 13.5 Å². The van der Waals surface area contributed by atoms with E-state index in [9.17, 15) is 23.1 Å². The van der Waals surface area contributed by atoms with Crippen LogP contribution in [0.3, 0.4) is 0 Å². The fraction of sp³-hybridized carbons (Fsp3) is 0.243. The molecule has 286 valence electrons. The van der Waals surface area contributed by atoms with Gasteiger partial charge in [0.1, 0.15) is 23.5 Å². The number of carbonyl (C=O) groups is 2. The Kier molecular flexibility index (Phi) is 11.0. The fourth-order valence-electron chi connectivity index (χ4n) is 5.58. The number of hydrogen-bond acceptors (Lipinski definition) is 11. The monoisotopic (exact) mass is 807 g/mol. The Balaban J connectivity index is 1.47. The third kappa shape index (κ3) is 8.82. The number of nitrogens with zero attached hydrogens (tertiary/aromatic N) is 5. The number of carboxylic acid groups (broad SMARTS) is 1. The van der Waals surface area contributed by atoms with Gasteiger partial charge in [0.15, 0.2) is 17.2 Å². The summed E-state index contributed by atoms with van der Waals surface area (Å²) in [4.78, 5) is 39.1. The minimum absolute atomic E-state index is 0.00207. The van der Waals surface area contributed by atoms with E-state index in [-0.39, 0.29) is 46.3 Å². The Labute approximate surface area is 325 Å². The topological polar surface area (TPSA) is 201 Å². The number of rotatable bonds is 11. The molecule has 0 fully saturated rings. The summed E-state index contributed by atoms with van der Waals surface area (Å²) in [5, 5.41) is 19.8. The largest absolute Gasteiger partial charge is 0.488 e. The van der Waals surface area contributed by atoms with Gasteiger partial charge in [0, 0.05) is 21.2 Å². The van der Waals surface area contributed by atoms with Gasteiger partial charge in [-0.25, -0.2) is 24.5 Å². The number of hydrogen-bond donors (Lipinski definition) is 3. The van der Waals surface area contributed by atoms with Crippen LogP contribution in [0, 0.1) is 13.8 Å². The van der Waals surface area contributed by atoms with E-state index in [2.05, 4.69) is 20.7 Å². The number of amides is 2. The molecule has 0 aliphatic rings. The van der Waals surface area contributed by atoms with Gasteiger partial charge in [0.2, 0.25) is 0 Å². The lowest BCUT2D eigenvalue weighted by molar-refractivity contribution is 0.0634. The maximum atomic E-state index is 13.6. The number of ether oxygens (including phenoxy) is 2. The highest BCUT2D eigenvalue weighted by atomic mass is 35.5. The second-order valence-electron chi connectivity index (χ2n) is 13.3. The van der Waals surface area contributed by atoms with Crippen LogP contribution in [0.15, 0.2) is 82.4 Å². The molecule has 0 spiro atoms. The number of furan rings is 1. The molecule has 0 saturated carbocycles. The van der Waals surface area contributed by atoms with Crippen LogP contribution in [0.25, 0.3) is 33.7 Å². The number of nitrogens with one attached hydrogen (secondary N) is 2. The van der Waals surface area contributed by atoms with Gasteiger partial charge in [0.25, 0.3) is 10.0 Å². The summed E-state index contributed by atoms with van der Waals surface area (Å²) in [6.07, 6.45) is 0.844. The predicted molar refractivity (Wildman–Crippen MR) is 205 cm³/mol. The zero-order valence-electron chi connectivity index (χ0n) is 30.1. The first-order valence-electron chi connectivity index (χ1n) is 16.7. The number of benzene rings is 2. The molecule has 0 radical (unpaired) electrons. The normalized spacial score (nSPS) is 12.3. The maximum Gasteiger partial charge on any atom is 0.413 e. The predicted octanol–water partition coefficient (Wildman–Crippen LogP) is 7.91. The van der Waals surface area contributed by atoms with Gasteiger partial charge in [-0.3, -0.25) is 5.32 Å². The van der Waals surface area contributed by atoms with Crippen molar-refractivity contribution in [1.82, 2.24) is 29.5 Å². The fourth-order valence-corrected chi connectivity index (χ4v) is 7.36. The van der Waals surface area contributed by atoms with Crippen molar-refractivity contribution in [2.45, 2.75) is 57.6 Å². The van der Waals surface area contributed by atoms with Crippen molar-refractivity contribution in [1.29, 1.82) is 0 Å². The van der Waals surface area contributed by atoms with Crippen LogP contribution in [0.5, 0.6) is 5.75 Å². The van der Waals surface area contributed by atoms with Crippen LogP contribution in [0.1, 0.15) is 37.8 Å². The van der Waals surface area contributed by atoms with Crippen molar-refractivity contribution < 1.29 is 37.0 Å². The summed E-state index contributed by atoms with van der Waals surface area (Å²) in [6, 6.07) is 15.1. The highest BCUT2D eigenvalue weighted by Crippen LogP contribution is 2.39. The van der Waals surface area contributed by atoms with Crippen LogP contribution in [-0.2, 0) is 21.2 Å². The van der Waals surface area contributed by atoms with Crippen LogP contribution in [-0.4, -0.2) is 68.1 Å². The summed E-state index contributed by atoms with van der Waals surface area (Å²) in [6.45, 7) is 8.21. The van der Waals surface area contributed by atoms with Crippen LogP contribution < -0.4 is 15.4 Å². The quantitative estimate of drug-likeness (QED) is 0.114. The number of fused-ring (bicyclic) bond motifs is 1. The molecule has 55 heavy (non-hydrogen) atoms. The van der Waals surface area contributed by atoms with Crippen molar-refractivity contribution in [3.8, 4) is 28.3 Å². The highest BCUT2D eigenvalue weighted by molar-refractivity contribution is 7.90. The van der Waals surface area contributed by atoms with Crippen molar-refractivity contribution in [2.24, 2.45) is 0 Å². The summed E-state index contributed by atoms with van der Waals surface area (Å²) < 4.78 is 45.3. The lowest BCUT2D eigenvalue weighted by atomic mass is 10.0. The molecule has 15 nitrogen and oxygen atoms in total. The van der Waals surface area contributed by atoms with Gasteiger partial charge < -0.3 is 24.3 Å². The molecule has 0 aliphatic carbocycles. The first kappa shape index (κ1) is 39.0. The first-order valence-corrected chi connectivity index (χ1v) is 18.9. The van der Waals surface area contributed by atoms with Gasteiger partial charge >= 0.3 is 12.2 Å². The Hall–Kier alpha value is -5.71. The average Bonchev–Trinajstić information content (AvgIpc) is 3.70. The SMILES string of the molecule is Cc1occc1-c1nc(NC(=O)OC(C)(C)C)c(OC[C@H](Cc2ccc(Cl)cc2Cl)NC(=O)O)cc1-c1cnc2c(n1)c(C)nn2S(=O)(=O)c1ccccc1. The zero-order chi connectivity index (χ0) is 39.7. The Morgan fingerprint density at radius 1 is 1.02 bits per heavy atom. The summed E-state index contributed by atoms with van der Waals surface area (Å²) in [5.41, 5.74) is 1.69. The van der Waals surface area contributed by atoms with E-state index in [0.717, 1.165) is 4.09 Å². The standard InChI is InChI=1S/C37H35Cl2N7O8S/c1-20-31-34(46(45-20)55(50,51)25-9-7-6-8-10-25)40-18-29(42-31)27-17-30(53-19-24(41-35(47)48)15-22-11-12-23(38)16-28(22)39)33(44-36(49)54-37(3,4)5)43-32(27)26-13-14-52-21(26)2/h6-14,16-18,24,41H,15,19H2,1-5H3,(H,47,48)(H,43,44,49)/t24-/m0/s1. The molecule has 2 amide bonds. The molecule has 4 heterocycles. The maximum absolute atomic E-state index is 13.6. The molecule has 0 saturated heterocycles. The molecule has 0 unspecified atom stereocenters. The van der Waals surface area contributed by atoms with Crippen LogP contribution in [0.4, 0.5) is 15.4 Å². The minimum Gasteiger partial charge on any atom is -0.488 e. The molecular formula is C37H35Cl2N7O8S. The lowest BCUT2D eigenvalue weighted by Crippen LogP contribution is -2.40. The van der Waals surface area contributed by atoms with Gasteiger partial charge in [0.05, 0.1) is 40.5 Å². The third-order valence-electron chi connectivity index (χ3n) is 8.03. The molecule has 1 atom stereocenters. The molecule has 18 heteroatoms. The third-order valence-corrected chi connectivity index (χ3v) is 10.2. The molecule has 2 aromatic carbocycles. The Bertz CT molecular complexity index is 2520. The van der Waals surface area contributed by atoms with E-state index >= 15 is 0 Å². The highest BCUT2D eigenvalue weighted by Gasteiger charge is 2.27. The van der Waals surface area contributed by atoms with Gasteiger partial charge in [-0.1, -0.05) is 47.5 Å². The first-order chi connectivity index (χ1) is 26.0. The molecule has 3 N–H and O–H groups in total. The van der Waals surface area contributed by atoms with E-state index in [1.165, 1.54) is 24.6 Å². The van der Waals surface area contributed by atoms with E-state index < -0.39 is 33.9 Å². The number of carbonyl (C=O) groups excluding carboxylic acids is 1. The molecular weight excluding hydrogens is 773 g/mol. The molecule has 0 bridgehead atoms. The Morgan fingerprint density at radius 2 is 1.76 bits per heavy atom. The summed E-state index contributed by atoms with van der Waals surface area (Å²) in [7, 11) is -4.12. The van der Waals surface area contributed by atoms with Gasteiger partial charge in [-0.05, 0) is 83.0 Å². The van der Waals surface area contributed by atoms with Crippen molar-refractivity contribution in [2.75, 3.05) is 11.9 Å². The molecule has 4 aromatic heterocycles. The number of pyridine rings is 1. The summed E-state index contributed by atoms with van der Waals surface area (Å²) >= 11 is 12.5. The van der Waals surface area contributed by atoms with Crippen LogP contribution >= 0.6 is 23.2 Å².